The molecule has 0 unspecified atom stereocenters. The van der Waals surface area contributed by atoms with E-state index in [2.05, 4.69) is 5.32 Å². The second-order valence-electron chi connectivity index (χ2n) is 5.17. The van der Waals surface area contributed by atoms with Crippen LogP contribution >= 0.6 is 0 Å². The smallest absolute Gasteiger partial charge is 0.255 e. The summed E-state index contributed by atoms with van der Waals surface area (Å²) in [5, 5.41) is 12.5. The highest BCUT2D eigenvalue weighted by molar-refractivity contribution is 5.97. The molecule has 0 saturated heterocycles. The molecule has 2 rings (SSSR count). The van der Waals surface area contributed by atoms with Crippen LogP contribution < -0.4 is 14.8 Å². The fraction of sp³-hybridized carbons (Fsp3) is 0.533. The molecule has 5 heteroatoms. The highest BCUT2D eigenvalue weighted by atomic mass is 16.5. The Labute approximate surface area is 118 Å². The van der Waals surface area contributed by atoms with Gasteiger partial charge < -0.3 is 19.9 Å². The first-order chi connectivity index (χ1) is 9.64. The fourth-order valence-electron chi connectivity index (χ4n) is 2.67. The minimum atomic E-state index is -0.495. The molecule has 110 valence electrons. The number of benzene rings is 1. The van der Waals surface area contributed by atoms with Gasteiger partial charge in [0, 0.05) is 0 Å². The van der Waals surface area contributed by atoms with E-state index in [0.717, 1.165) is 25.7 Å². The first kappa shape index (κ1) is 14.7. The number of methoxy groups -OCH3 is 2. The van der Waals surface area contributed by atoms with Gasteiger partial charge in [-0.25, -0.2) is 0 Å². The summed E-state index contributed by atoms with van der Waals surface area (Å²) in [4.78, 5) is 12.5. The van der Waals surface area contributed by atoms with Crippen LogP contribution in [0.15, 0.2) is 18.2 Å². The van der Waals surface area contributed by atoms with E-state index in [-0.39, 0.29) is 12.5 Å². The number of carbonyl (C=O) groups excluding carboxylic acids is 1. The summed E-state index contributed by atoms with van der Waals surface area (Å²) in [5.41, 5.74) is -0.0721. The Morgan fingerprint density at radius 1 is 1.30 bits per heavy atom. The quantitative estimate of drug-likeness (QED) is 0.861. The average Bonchev–Trinajstić information content (AvgIpc) is 2.95. The molecule has 1 amide bonds. The van der Waals surface area contributed by atoms with Crippen molar-refractivity contribution in [2.45, 2.75) is 31.2 Å². The highest BCUT2D eigenvalue weighted by Crippen LogP contribution is 2.31. The third-order valence-corrected chi connectivity index (χ3v) is 3.89. The van der Waals surface area contributed by atoms with Gasteiger partial charge in [-0.05, 0) is 31.0 Å². The lowest BCUT2D eigenvalue weighted by Crippen LogP contribution is -2.49. The van der Waals surface area contributed by atoms with E-state index in [9.17, 15) is 9.90 Å². The van der Waals surface area contributed by atoms with E-state index < -0.39 is 5.54 Å². The van der Waals surface area contributed by atoms with Gasteiger partial charge in [0.2, 0.25) is 0 Å². The Kier molecular flexibility index (Phi) is 4.49. The Morgan fingerprint density at radius 2 is 2.00 bits per heavy atom. The van der Waals surface area contributed by atoms with Crippen molar-refractivity contribution >= 4 is 5.91 Å². The number of hydrogen-bond donors (Lipinski definition) is 2. The van der Waals surface area contributed by atoms with Crippen LogP contribution in [0.1, 0.15) is 36.0 Å². The zero-order chi connectivity index (χ0) is 14.6. The van der Waals surface area contributed by atoms with Crippen LogP contribution in [0.4, 0.5) is 0 Å². The van der Waals surface area contributed by atoms with E-state index >= 15 is 0 Å². The number of aliphatic hydroxyl groups excluding tert-OH is 1. The first-order valence-electron chi connectivity index (χ1n) is 6.79. The summed E-state index contributed by atoms with van der Waals surface area (Å²) >= 11 is 0. The van der Waals surface area contributed by atoms with Gasteiger partial charge in [0.05, 0.1) is 31.9 Å². The molecule has 1 aromatic rings. The van der Waals surface area contributed by atoms with Gasteiger partial charge in [-0.15, -0.1) is 0 Å². The first-order valence-corrected chi connectivity index (χ1v) is 6.79. The zero-order valence-electron chi connectivity index (χ0n) is 11.9. The van der Waals surface area contributed by atoms with E-state index in [1.54, 1.807) is 25.3 Å². The Morgan fingerprint density at radius 3 is 2.55 bits per heavy atom. The molecule has 0 heterocycles. The summed E-state index contributed by atoms with van der Waals surface area (Å²) in [5.74, 6) is 0.853. The number of rotatable bonds is 5. The van der Waals surface area contributed by atoms with Gasteiger partial charge in [-0.2, -0.15) is 0 Å². The SMILES string of the molecule is COc1ccc(OC)c(C(=O)NC2(CO)CCCC2)c1. The van der Waals surface area contributed by atoms with E-state index in [1.165, 1.54) is 7.11 Å². The number of amides is 1. The summed E-state index contributed by atoms with van der Waals surface area (Å²) in [6.45, 7) is -0.0367. The number of carbonyl (C=O) groups is 1. The number of nitrogens with one attached hydrogen (secondary N) is 1. The molecule has 1 aliphatic carbocycles. The van der Waals surface area contributed by atoms with Crippen LogP contribution in [0.25, 0.3) is 0 Å². The van der Waals surface area contributed by atoms with Gasteiger partial charge in [0.25, 0.3) is 5.91 Å². The standard InChI is InChI=1S/C15H21NO4/c1-19-11-5-6-13(20-2)12(9-11)14(18)16-15(10-17)7-3-4-8-15/h5-6,9,17H,3-4,7-8,10H2,1-2H3,(H,16,18). The van der Waals surface area contributed by atoms with Crippen LogP contribution in [-0.4, -0.2) is 37.4 Å². The molecule has 0 spiro atoms. The zero-order valence-corrected chi connectivity index (χ0v) is 11.9. The third-order valence-electron chi connectivity index (χ3n) is 3.89. The van der Waals surface area contributed by atoms with E-state index in [0.29, 0.717) is 17.1 Å². The number of aliphatic hydroxyl groups is 1. The van der Waals surface area contributed by atoms with Gasteiger partial charge in [-0.1, -0.05) is 12.8 Å². The van der Waals surface area contributed by atoms with E-state index in [1.807, 2.05) is 0 Å². The molecular formula is C15H21NO4. The van der Waals surface area contributed by atoms with Gasteiger partial charge >= 0.3 is 0 Å². The lowest BCUT2D eigenvalue weighted by atomic mass is 9.98. The predicted octanol–water partition coefficient (Wildman–Crippen LogP) is 1.74. The lowest BCUT2D eigenvalue weighted by Gasteiger charge is -2.28. The molecule has 2 N–H and O–H groups in total. The van der Waals surface area contributed by atoms with Gasteiger partial charge in [-0.3, -0.25) is 4.79 Å². The summed E-state index contributed by atoms with van der Waals surface area (Å²) in [7, 11) is 3.08. The van der Waals surface area contributed by atoms with Crippen LogP contribution in [0.5, 0.6) is 11.5 Å². The number of hydrogen-bond acceptors (Lipinski definition) is 4. The van der Waals surface area contributed by atoms with Crippen molar-refractivity contribution in [3.05, 3.63) is 23.8 Å². The third kappa shape index (κ3) is 2.88. The topological polar surface area (TPSA) is 67.8 Å². The Hall–Kier alpha value is -1.75. The van der Waals surface area contributed by atoms with Crippen molar-refractivity contribution in [1.29, 1.82) is 0 Å². The van der Waals surface area contributed by atoms with Crippen LogP contribution in [0.3, 0.4) is 0 Å². The van der Waals surface area contributed by atoms with Crippen molar-refractivity contribution in [3.8, 4) is 11.5 Å². The maximum Gasteiger partial charge on any atom is 0.255 e. The van der Waals surface area contributed by atoms with Gasteiger partial charge in [0.1, 0.15) is 11.5 Å². The molecule has 0 aromatic heterocycles. The molecule has 1 aliphatic rings. The summed E-state index contributed by atoms with van der Waals surface area (Å²) in [6.07, 6.45) is 3.66. The van der Waals surface area contributed by atoms with Crippen molar-refractivity contribution in [3.63, 3.8) is 0 Å². The number of ether oxygens (including phenoxy) is 2. The van der Waals surface area contributed by atoms with Crippen molar-refractivity contribution < 1.29 is 19.4 Å². The minimum absolute atomic E-state index is 0.0367. The maximum absolute atomic E-state index is 12.5. The lowest BCUT2D eigenvalue weighted by molar-refractivity contribution is 0.0835. The Balaban J connectivity index is 2.23. The summed E-state index contributed by atoms with van der Waals surface area (Å²) in [6, 6.07) is 5.09. The van der Waals surface area contributed by atoms with Crippen LogP contribution in [-0.2, 0) is 0 Å². The summed E-state index contributed by atoms with van der Waals surface area (Å²) < 4.78 is 10.4. The van der Waals surface area contributed by atoms with Crippen molar-refractivity contribution in [1.82, 2.24) is 5.32 Å². The second kappa shape index (κ2) is 6.13. The fourth-order valence-corrected chi connectivity index (χ4v) is 2.67. The normalized spacial score (nSPS) is 16.8. The van der Waals surface area contributed by atoms with Crippen molar-refractivity contribution in [2.75, 3.05) is 20.8 Å². The van der Waals surface area contributed by atoms with Crippen LogP contribution in [0, 0.1) is 0 Å². The Bertz CT molecular complexity index is 481. The van der Waals surface area contributed by atoms with Crippen molar-refractivity contribution in [2.24, 2.45) is 0 Å². The molecule has 1 saturated carbocycles. The predicted molar refractivity (Wildman–Crippen MR) is 75.3 cm³/mol. The second-order valence-corrected chi connectivity index (χ2v) is 5.17. The molecule has 0 bridgehead atoms. The molecule has 1 fully saturated rings. The molecule has 20 heavy (non-hydrogen) atoms. The molecule has 0 atom stereocenters. The minimum Gasteiger partial charge on any atom is -0.497 e. The van der Waals surface area contributed by atoms with E-state index in [4.69, 9.17) is 9.47 Å². The molecule has 5 nitrogen and oxygen atoms in total. The molecule has 0 radical (unpaired) electrons. The monoisotopic (exact) mass is 279 g/mol. The molecule has 1 aromatic carbocycles. The average molecular weight is 279 g/mol. The largest absolute Gasteiger partial charge is 0.497 e. The highest BCUT2D eigenvalue weighted by Gasteiger charge is 2.35. The van der Waals surface area contributed by atoms with Gasteiger partial charge in [0.15, 0.2) is 0 Å². The molecular weight excluding hydrogens is 258 g/mol. The molecule has 0 aliphatic heterocycles. The maximum atomic E-state index is 12.5. The van der Waals surface area contributed by atoms with Crippen LogP contribution in [0.2, 0.25) is 0 Å².